The summed E-state index contributed by atoms with van der Waals surface area (Å²) < 4.78 is 4.93. The molecule has 0 amide bonds. The molecule has 2 atom stereocenters. The first-order valence-electron chi connectivity index (χ1n) is 4.87. The molecule has 0 aromatic heterocycles. The highest BCUT2D eigenvalue weighted by molar-refractivity contribution is 7.99. The average molecular weight is 233 g/mol. The highest BCUT2D eigenvalue weighted by Gasteiger charge is 2.48. The zero-order chi connectivity index (χ0) is 11.7. The highest BCUT2D eigenvalue weighted by Crippen LogP contribution is 2.41. The van der Waals surface area contributed by atoms with Crippen LogP contribution in [0.15, 0.2) is 5.16 Å². The van der Waals surface area contributed by atoms with E-state index >= 15 is 0 Å². The van der Waals surface area contributed by atoms with Crippen LogP contribution in [0.4, 0.5) is 0 Å². The lowest BCUT2D eigenvalue weighted by Gasteiger charge is -2.29. The Morgan fingerprint density at radius 2 is 2.20 bits per heavy atom. The minimum absolute atomic E-state index is 0.0368. The zero-order valence-electron chi connectivity index (χ0n) is 9.90. The van der Waals surface area contributed by atoms with Gasteiger partial charge in [-0.3, -0.25) is 0 Å². The molecular formula is C10H19NO3S. The topological polar surface area (TPSA) is 51.0 Å². The van der Waals surface area contributed by atoms with Gasteiger partial charge in [0.2, 0.25) is 11.2 Å². The van der Waals surface area contributed by atoms with Gasteiger partial charge in [-0.1, -0.05) is 25.9 Å². The Morgan fingerprint density at radius 3 is 2.53 bits per heavy atom. The Morgan fingerprint density at radius 1 is 1.60 bits per heavy atom. The average Bonchev–Trinajstić information content (AvgIpc) is 2.61. The molecule has 0 aromatic carbocycles. The van der Waals surface area contributed by atoms with E-state index in [2.05, 4.69) is 25.9 Å². The highest BCUT2D eigenvalue weighted by atomic mass is 32.2. The SMILES string of the molecule is COC(O)C1(SC)CC(C(C)(C)C)=NO1. The van der Waals surface area contributed by atoms with Crippen molar-refractivity contribution < 1.29 is 14.7 Å². The van der Waals surface area contributed by atoms with E-state index in [0.29, 0.717) is 6.42 Å². The molecule has 0 spiro atoms. The molecule has 1 aliphatic rings. The van der Waals surface area contributed by atoms with E-state index in [1.54, 1.807) is 0 Å². The Labute approximate surface area is 95.0 Å². The third-order valence-electron chi connectivity index (χ3n) is 2.53. The first-order valence-corrected chi connectivity index (χ1v) is 6.10. The molecule has 1 aliphatic heterocycles. The van der Waals surface area contributed by atoms with Crippen LogP contribution in [-0.4, -0.2) is 35.4 Å². The number of aliphatic hydroxyl groups is 1. The molecule has 1 N–H and O–H groups in total. The van der Waals surface area contributed by atoms with Gasteiger partial charge < -0.3 is 14.7 Å². The van der Waals surface area contributed by atoms with Gasteiger partial charge in [0.1, 0.15) is 0 Å². The van der Waals surface area contributed by atoms with Crippen molar-refractivity contribution in [3.63, 3.8) is 0 Å². The van der Waals surface area contributed by atoms with E-state index in [9.17, 15) is 5.11 Å². The van der Waals surface area contributed by atoms with Gasteiger partial charge in [0.15, 0.2) is 0 Å². The van der Waals surface area contributed by atoms with Gasteiger partial charge in [0.05, 0.1) is 5.71 Å². The largest absolute Gasteiger partial charge is 0.372 e. The van der Waals surface area contributed by atoms with Gasteiger partial charge >= 0.3 is 0 Å². The maximum atomic E-state index is 9.75. The summed E-state index contributed by atoms with van der Waals surface area (Å²) in [7, 11) is 1.46. The summed E-state index contributed by atoms with van der Waals surface area (Å²) in [6, 6.07) is 0. The van der Waals surface area contributed by atoms with Crippen LogP contribution in [-0.2, 0) is 9.57 Å². The maximum Gasteiger partial charge on any atom is 0.238 e. The van der Waals surface area contributed by atoms with Crippen molar-refractivity contribution in [1.82, 2.24) is 0 Å². The van der Waals surface area contributed by atoms with Crippen molar-refractivity contribution in [2.24, 2.45) is 10.6 Å². The van der Waals surface area contributed by atoms with E-state index in [1.807, 2.05) is 6.26 Å². The van der Waals surface area contributed by atoms with E-state index in [4.69, 9.17) is 9.57 Å². The second-order valence-electron chi connectivity index (χ2n) is 4.66. The molecule has 88 valence electrons. The molecular weight excluding hydrogens is 214 g/mol. The summed E-state index contributed by atoms with van der Waals surface area (Å²) in [6.07, 6.45) is 1.51. The van der Waals surface area contributed by atoms with Crippen LogP contribution < -0.4 is 0 Å². The molecule has 2 unspecified atom stereocenters. The van der Waals surface area contributed by atoms with Gasteiger partial charge in [-0.2, -0.15) is 0 Å². The van der Waals surface area contributed by atoms with Gasteiger partial charge in [-0.25, -0.2) is 0 Å². The molecule has 1 heterocycles. The number of methoxy groups -OCH3 is 1. The van der Waals surface area contributed by atoms with Crippen molar-refractivity contribution in [2.75, 3.05) is 13.4 Å². The third-order valence-corrected chi connectivity index (χ3v) is 3.65. The fourth-order valence-electron chi connectivity index (χ4n) is 1.35. The normalized spacial score (nSPS) is 28.5. The summed E-state index contributed by atoms with van der Waals surface area (Å²) in [5.74, 6) is 0. The quantitative estimate of drug-likeness (QED) is 0.756. The number of thioether (sulfide) groups is 1. The van der Waals surface area contributed by atoms with Crippen molar-refractivity contribution >= 4 is 17.5 Å². The number of rotatable bonds is 3. The molecule has 0 aromatic rings. The number of hydrogen-bond acceptors (Lipinski definition) is 5. The van der Waals surface area contributed by atoms with E-state index < -0.39 is 11.2 Å². The van der Waals surface area contributed by atoms with Gasteiger partial charge in [-0.05, 0) is 6.26 Å². The first kappa shape index (κ1) is 12.8. The van der Waals surface area contributed by atoms with Crippen LogP contribution in [0.25, 0.3) is 0 Å². The van der Waals surface area contributed by atoms with Crippen molar-refractivity contribution in [1.29, 1.82) is 0 Å². The monoisotopic (exact) mass is 233 g/mol. The minimum atomic E-state index is -0.962. The van der Waals surface area contributed by atoms with Crippen molar-refractivity contribution in [3.8, 4) is 0 Å². The molecule has 4 nitrogen and oxygen atoms in total. The van der Waals surface area contributed by atoms with Gasteiger partial charge in [0, 0.05) is 18.9 Å². The predicted molar refractivity (Wildman–Crippen MR) is 61.9 cm³/mol. The number of oxime groups is 1. The molecule has 0 fully saturated rings. The molecule has 0 aliphatic carbocycles. The molecule has 1 rings (SSSR count). The Balaban J connectivity index is 2.79. The van der Waals surface area contributed by atoms with E-state index in [1.165, 1.54) is 18.9 Å². The summed E-state index contributed by atoms with van der Waals surface area (Å²) in [6.45, 7) is 6.22. The predicted octanol–water partition coefficient (Wildman–Crippen LogP) is 1.83. The minimum Gasteiger partial charge on any atom is -0.372 e. The molecule has 15 heavy (non-hydrogen) atoms. The first-order chi connectivity index (χ1) is 6.85. The number of aliphatic hydroxyl groups excluding tert-OH is 1. The standard InChI is InChI=1S/C10H19NO3S/c1-9(2,3)7-6-10(15-5,14-11-7)8(12)13-4/h8,12H,6H2,1-5H3. The summed E-state index contributed by atoms with van der Waals surface area (Å²) in [5.41, 5.74) is 0.915. The second-order valence-corrected chi connectivity index (χ2v) is 5.76. The van der Waals surface area contributed by atoms with Crippen LogP contribution in [0.1, 0.15) is 27.2 Å². The number of nitrogens with zero attached hydrogens (tertiary/aromatic N) is 1. The molecule has 0 saturated carbocycles. The number of hydrogen-bond donors (Lipinski definition) is 1. The zero-order valence-corrected chi connectivity index (χ0v) is 10.7. The molecule has 0 saturated heterocycles. The van der Waals surface area contributed by atoms with E-state index in [-0.39, 0.29) is 5.41 Å². The Hall–Kier alpha value is -0.260. The van der Waals surface area contributed by atoms with Crippen molar-refractivity contribution in [2.45, 2.75) is 38.4 Å². The van der Waals surface area contributed by atoms with E-state index in [0.717, 1.165) is 5.71 Å². The van der Waals surface area contributed by atoms with Crippen LogP contribution in [0.5, 0.6) is 0 Å². The van der Waals surface area contributed by atoms with Crippen LogP contribution in [0, 0.1) is 5.41 Å². The summed E-state index contributed by atoms with van der Waals surface area (Å²) in [5, 5.41) is 13.8. The molecule has 0 radical (unpaired) electrons. The molecule has 5 heteroatoms. The fourth-order valence-corrected chi connectivity index (χ4v) is 2.05. The van der Waals surface area contributed by atoms with Gasteiger partial charge in [-0.15, -0.1) is 11.8 Å². The Kier molecular flexibility index (Phi) is 3.68. The van der Waals surface area contributed by atoms with Gasteiger partial charge in [0.25, 0.3) is 0 Å². The lowest BCUT2D eigenvalue weighted by Crippen LogP contribution is -2.41. The Bertz CT molecular complexity index is 262. The smallest absolute Gasteiger partial charge is 0.238 e. The molecule has 0 bridgehead atoms. The lowest BCUT2D eigenvalue weighted by molar-refractivity contribution is -0.170. The maximum absolute atomic E-state index is 9.75. The van der Waals surface area contributed by atoms with Crippen LogP contribution >= 0.6 is 11.8 Å². The summed E-state index contributed by atoms with van der Waals surface area (Å²) >= 11 is 1.42. The third kappa shape index (κ3) is 2.46. The van der Waals surface area contributed by atoms with Crippen LogP contribution in [0.3, 0.4) is 0 Å². The number of ether oxygens (including phenoxy) is 1. The fraction of sp³-hybridized carbons (Fsp3) is 0.900. The van der Waals surface area contributed by atoms with Crippen molar-refractivity contribution in [3.05, 3.63) is 0 Å². The van der Waals surface area contributed by atoms with Crippen LogP contribution in [0.2, 0.25) is 0 Å². The summed E-state index contributed by atoms with van der Waals surface area (Å²) in [4.78, 5) is 4.58. The second kappa shape index (κ2) is 4.31. The lowest BCUT2D eigenvalue weighted by atomic mass is 9.87.